The van der Waals surface area contributed by atoms with Crippen molar-refractivity contribution in [3.8, 4) is 0 Å². The molecule has 3 rings (SSSR count). The van der Waals surface area contributed by atoms with Gasteiger partial charge in [0.15, 0.2) is 0 Å². The summed E-state index contributed by atoms with van der Waals surface area (Å²) in [4.78, 5) is 31.5. The summed E-state index contributed by atoms with van der Waals surface area (Å²) >= 11 is 0. The average Bonchev–Trinajstić information content (AvgIpc) is 2.70. The fraction of sp³-hybridized carbons (Fsp3) is 0.636. The highest BCUT2D eigenvalue weighted by Crippen LogP contribution is 2.23. The Kier molecular flexibility index (Phi) is 7.45. The van der Waals surface area contributed by atoms with Crippen molar-refractivity contribution in [3.63, 3.8) is 0 Å². The Morgan fingerprint density at radius 3 is 2.46 bits per heavy atom. The van der Waals surface area contributed by atoms with Gasteiger partial charge in [0, 0.05) is 57.3 Å². The van der Waals surface area contributed by atoms with Crippen molar-refractivity contribution >= 4 is 17.5 Å². The summed E-state index contributed by atoms with van der Waals surface area (Å²) in [7, 11) is 4.25. The number of likely N-dealkylation sites (N-methyl/N-ethyl adjacent to an activating group) is 2. The van der Waals surface area contributed by atoms with Crippen LogP contribution in [0.4, 0.5) is 5.69 Å². The average molecular weight is 387 g/mol. The normalized spacial score (nSPS) is 22.2. The maximum absolute atomic E-state index is 12.7. The van der Waals surface area contributed by atoms with Gasteiger partial charge in [0.2, 0.25) is 11.8 Å². The number of piperidine rings is 1. The van der Waals surface area contributed by atoms with Crippen LogP contribution >= 0.6 is 0 Å². The molecule has 1 aromatic carbocycles. The number of piperazine rings is 1. The summed E-state index contributed by atoms with van der Waals surface area (Å²) in [5.41, 5.74) is 0.853. The molecule has 1 N–H and O–H groups in total. The Morgan fingerprint density at radius 2 is 1.75 bits per heavy atom. The second-order valence-corrected chi connectivity index (χ2v) is 8.38. The van der Waals surface area contributed by atoms with Crippen LogP contribution in [0.25, 0.3) is 0 Å². The monoisotopic (exact) mass is 386 g/mol. The number of amides is 2. The van der Waals surface area contributed by atoms with Crippen molar-refractivity contribution in [3.05, 3.63) is 30.3 Å². The number of anilines is 1. The first-order valence-electron chi connectivity index (χ1n) is 10.5. The Bertz CT molecular complexity index is 643. The zero-order valence-electron chi connectivity index (χ0n) is 17.3. The zero-order chi connectivity index (χ0) is 19.9. The van der Waals surface area contributed by atoms with E-state index in [2.05, 4.69) is 29.2 Å². The third-order valence-corrected chi connectivity index (χ3v) is 6.19. The van der Waals surface area contributed by atoms with Gasteiger partial charge in [-0.25, -0.2) is 0 Å². The lowest BCUT2D eigenvalue weighted by Crippen LogP contribution is -2.52. The molecule has 28 heavy (non-hydrogen) atoms. The van der Waals surface area contributed by atoms with Crippen molar-refractivity contribution in [2.75, 3.05) is 52.1 Å². The lowest BCUT2D eigenvalue weighted by molar-refractivity contribution is -0.134. The number of hydrogen-bond donors (Lipinski definition) is 1. The number of likely N-dealkylation sites (tertiary alicyclic amines) is 1. The summed E-state index contributed by atoms with van der Waals surface area (Å²) in [5, 5.41) is 2.95. The Labute approximate surface area is 168 Å². The van der Waals surface area contributed by atoms with Crippen molar-refractivity contribution in [2.24, 2.45) is 5.92 Å². The first kappa shape index (κ1) is 20.8. The van der Waals surface area contributed by atoms with Gasteiger partial charge in [-0.3, -0.25) is 9.59 Å². The molecule has 0 saturated carbocycles. The topological polar surface area (TPSA) is 55.9 Å². The van der Waals surface area contributed by atoms with E-state index in [0.29, 0.717) is 24.8 Å². The molecule has 154 valence electrons. The van der Waals surface area contributed by atoms with E-state index in [1.807, 2.05) is 35.2 Å². The van der Waals surface area contributed by atoms with E-state index in [1.165, 1.54) is 0 Å². The maximum Gasteiger partial charge on any atom is 0.224 e. The number of carbonyl (C=O) groups is 2. The quantitative estimate of drug-likeness (QED) is 0.815. The molecular weight excluding hydrogens is 352 g/mol. The number of benzene rings is 1. The molecule has 0 aliphatic carbocycles. The predicted molar refractivity (Wildman–Crippen MR) is 112 cm³/mol. The molecule has 2 aliphatic heterocycles. The highest BCUT2D eigenvalue weighted by molar-refractivity contribution is 5.90. The first-order chi connectivity index (χ1) is 13.5. The van der Waals surface area contributed by atoms with Crippen LogP contribution in [-0.2, 0) is 9.59 Å². The number of carbonyl (C=O) groups excluding carboxylic acids is 2. The summed E-state index contributed by atoms with van der Waals surface area (Å²) in [6.07, 6.45) is 4.07. The molecule has 6 heteroatoms. The van der Waals surface area contributed by atoms with E-state index >= 15 is 0 Å². The van der Waals surface area contributed by atoms with Crippen LogP contribution < -0.4 is 5.32 Å². The van der Waals surface area contributed by atoms with Crippen LogP contribution in [0.1, 0.15) is 32.1 Å². The molecule has 0 spiro atoms. The minimum Gasteiger partial charge on any atom is -0.343 e. The van der Waals surface area contributed by atoms with E-state index in [-0.39, 0.29) is 11.8 Å². The van der Waals surface area contributed by atoms with Crippen molar-refractivity contribution in [1.29, 1.82) is 0 Å². The molecule has 1 aromatic rings. The molecule has 2 amide bonds. The van der Waals surface area contributed by atoms with Gasteiger partial charge in [-0.15, -0.1) is 0 Å². The second kappa shape index (κ2) is 10.0. The van der Waals surface area contributed by atoms with E-state index in [1.54, 1.807) is 0 Å². The van der Waals surface area contributed by atoms with Gasteiger partial charge in [0.25, 0.3) is 0 Å². The summed E-state index contributed by atoms with van der Waals surface area (Å²) in [5.74, 6) is 0.899. The van der Waals surface area contributed by atoms with Gasteiger partial charge < -0.3 is 20.0 Å². The van der Waals surface area contributed by atoms with Crippen LogP contribution in [0, 0.1) is 5.92 Å². The van der Waals surface area contributed by atoms with Gasteiger partial charge >= 0.3 is 0 Å². The fourth-order valence-corrected chi connectivity index (χ4v) is 4.20. The van der Waals surface area contributed by atoms with Crippen molar-refractivity contribution in [2.45, 2.75) is 38.1 Å². The van der Waals surface area contributed by atoms with E-state index in [0.717, 1.165) is 57.7 Å². The minimum absolute atomic E-state index is 0.0779. The highest BCUT2D eigenvalue weighted by Gasteiger charge is 2.28. The van der Waals surface area contributed by atoms with Gasteiger partial charge in [0.1, 0.15) is 0 Å². The van der Waals surface area contributed by atoms with E-state index in [4.69, 9.17) is 0 Å². The Morgan fingerprint density at radius 1 is 1.04 bits per heavy atom. The van der Waals surface area contributed by atoms with Gasteiger partial charge in [-0.1, -0.05) is 18.2 Å². The molecule has 2 fully saturated rings. The van der Waals surface area contributed by atoms with Crippen molar-refractivity contribution < 1.29 is 9.59 Å². The number of para-hydroxylation sites is 1. The molecule has 2 saturated heterocycles. The number of hydrogen-bond acceptors (Lipinski definition) is 4. The molecule has 0 radical (unpaired) electrons. The van der Waals surface area contributed by atoms with E-state index < -0.39 is 0 Å². The van der Waals surface area contributed by atoms with Crippen LogP contribution in [0.5, 0.6) is 0 Å². The third kappa shape index (κ3) is 6.04. The Balaban J connectivity index is 1.36. The molecule has 0 unspecified atom stereocenters. The van der Waals surface area contributed by atoms with Gasteiger partial charge in [-0.2, -0.15) is 0 Å². The molecular formula is C22H34N4O2. The number of nitrogens with zero attached hydrogens (tertiary/aromatic N) is 3. The SMILES string of the molecule is CN1CCN(C)[C@H](CC(=O)N2CCC(CCC(=O)Nc3ccccc3)CC2)C1. The lowest BCUT2D eigenvalue weighted by atomic mass is 9.91. The standard InChI is InChI=1S/C22H34N4O2/c1-24-14-15-25(2)20(17-24)16-22(28)26-12-10-18(11-13-26)8-9-21(27)23-19-6-4-3-5-7-19/h3-7,18,20H,8-17H2,1-2H3,(H,23,27)/t20-/m1/s1. The molecule has 6 nitrogen and oxygen atoms in total. The highest BCUT2D eigenvalue weighted by atomic mass is 16.2. The fourth-order valence-electron chi connectivity index (χ4n) is 4.20. The molecule has 2 heterocycles. The summed E-state index contributed by atoms with van der Waals surface area (Å²) < 4.78 is 0. The molecule has 1 atom stereocenters. The van der Waals surface area contributed by atoms with Gasteiger partial charge in [0.05, 0.1) is 0 Å². The number of rotatable bonds is 6. The van der Waals surface area contributed by atoms with Crippen LogP contribution in [0.3, 0.4) is 0 Å². The molecule has 2 aliphatic rings. The van der Waals surface area contributed by atoms with Crippen LogP contribution in [-0.4, -0.2) is 79.4 Å². The summed E-state index contributed by atoms with van der Waals surface area (Å²) in [6, 6.07) is 9.92. The minimum atomic E-state index is 0.0779. The lowest BCUT2D eigenvalue weighted by Gasteiger charge is -2.39. The predicted octanol–water partition coefficient (Wildman–Crippen LogP) is 2.28. The molecule has 0 bridgehead atoms. The largest absolute Gasteiger partial charge is 0.343 e. The number of nitrogens with one attached hydrogen (secondary N) is 1. The van der Waals surface area contributed by atoms with Crippen LogP contribution in [0.15, 0.2) is 30.3 Å². The van der Waals surface area contributed by atoms with Gasteiger partial charge in [-0.05, 0) is 51.4 Å². The maximum atomic E-state index is 12.7. The Hall–Kier alpha value is -1.92. The zero-order valence-corrected chi connectivity index (χ0v) is 17.3. The van der Waals surface area contributed by atoms with Crippen LogP contribution in [0.2, 0.25) is 0 Å². The second-order valence-electron chi connectivity index (χ2n) is 8.38. The first-order valence-corrected chi connectivity index (χ1v) is 10.5. The smallest absolute Gasteiger partial charge is 0.224 e. The molecule has 0 aromatic heterocycles. The summed E-state index contributed by atoms with van der Waals surface area (Å²) in [6.45, 7) is 4.73. The third-order valence-electron chi connectivity index (χ3n) is 6.19. The van der Waals surface area contributed by atoms with E-state index in [9.17, 15) is 9.59 Å². The van der Waals surface area contributed by atoms with Crippen molar-refractivity contribution in [1.82, 2.24) is 14.7 Å².